The molecule has 0 bridgehead atoms. The summed E-state index contributed by atoms with van der Waals surface area (Å²) in [6.45, 7) is 6.04. The zero-order chi connectivity index (χ0) is 5.54. The number of hydrogen-bond acceptors (Lipinski definition) is 1. The standard InChI is InChI=1S/C5H13N2/c1-3-5-7-6-4-2/h6H,3-5H2,1-2H3. The third kappa shape index (κ3) is 5.92. The number of nitrogens with zero attached hydrogens (tertiary/aromatic N) is 1. The predicted molar refractivity (Wildman–Crippen MR) is 31.0 cm³/mol. The minimum Gasteiger partial charge on any atom is -0.240 e. The molecule has 2 nitrogen and oxygen atoms in total. The van der Waals surface area contributed by atoms with E-state index in [-0.39, 0.29) is 0 Å². The third-order valence-electron chi connectivity index (χ3n) is 0.605. The molecule has 0 aromatic carbocycles. The first-order valence-corrected chi connectivity index (χ1v) is 2.81. The van der Waals surface area contributed by atoms with Crippen molar-refractivity contribution >= 4 is 0 Å². The van der Waals surface area contributed by atoms with Crippen molar-refractivity contribution in [2.45, 2.75) is 20.3 Å². The summed E-state index contributed by atoms with van der Waals surface area (Å²) in [6, 6.07) is 0. The second-order valence-corrected chi connectivity index (χ2v) is 1.39. The quantitative estimate of drug-likeness (QED) is 0.405. The Hall–Kier alpha value is -0.0800. The van der Waals surface area contributed by atoms with E-state index in [1.165, 1.54) is 0 Å². The van der Waals surface area contributed by atoms with Gasteiger partial charge in [0.05, 0.1) is 0 Å². The maximum atomic E-state index is 3.96. The van der Waals surface area contributed by atoms with Gasteiger partial charge in [0.2, 0.25) is 0 Å². The Morgan fingerprint density at radius 2 is 2.14 bits per heavy atom. The average Bonchev–Trinajstić information content (AvgIpc) is 1.69. The van der Waals surface area contributed by atoms with E-state index in [0.717, 1.165) is 19.5 Å². The monoisotopic (exact) mass is 101 g/mol. The fraction of sp³-hybridized carbons (Fsp3) is 1.00. The summed E-state index contributed by atoms with van der Waals surface area (Å²) in [6.07, 6.45) is 1.13. The van der Waals surface area contributed by atoms with E-state index >= 15 is 0 Å². The molecule has 0 amide bonds. The fourth-order valence-electron chi connectivity index (χ4n) is 0.303. The zero-order valence-corrected chi connectivity index (χ0v) is 5.07. The molecule has 0 rings (SSSR count). The van der Waals surface area contributed by atoms with Gasteiger partial charge in [-0.2, -0.15) is 5.43 Å². The molecule has 1 N–H and O–H groups in total. The molecule has 0 unspecified atom stereocenters. The summed E-state index contributed by atoms with van der Waals surface area (Å²) >= 11 is 0. The van der Waals surface area contributed by atoms with Gasteiger partial charge in [0.15, 0.2) is 0 Å². The van der Waals surface area contributed by atoms with Crippen LogP contribution in [0.25, 0.3) is 0 Å². The average molecular weight is 101 g/mol. The van der Waals surface area contributed by atoms with Crippen molar-refractivity contribution in [1.29, 1.82) is 0 Å². The van der Waals surface area contributed by atoms with Crippen LogP contribution in [-0.4, -0.2) is 13.1 Å². The highest BCUT2D eigenvalue weighted by atomic mass is 15.3. The van der Waals surface area contributed by atoms with Crippen LogP contribution in [0.15, 0.2) is 0 Å². The van der Waals surface area contributed by atoms with Crippen LogP contribution in [-0.2, 0) is 0 Å². The van der Waals surface area contributed by atoms with Gasteiger partial charge in [0.25, 0.3) is 0 Å². The molecule has 0 heterocycles. The van der Waals surface area contributed by atoms with Crippen LogP contribution >= 0.6 is 0 Å². The molecule has 0 aliphatic carbocycles. The first-order valence-electron chi connectivity index (χ1n) is 2.81. The van der Waals surface area contributed by atoms with E-state index in [1.807, 2.05) is 6.92 Å². The Bertz CT molecular complexity index is 25.3. The zero-order valence-electron chi connectivity index (χ0n) is 5.07. The molecule has 0 aliphatic rings. The minimum absolute atomic E-state index is 0.938. The Morgan fingerprint density at radius 1 is 1.43 bits per heavy atom. The molecule has 0 aromatic rings. The molecule has 0 saturated carbocycles. The summed E-state index contributed by atoms with van der Waals surface area (Å²) < 4.78 is 0. The summed E-state index contributed by atoms with van der Waals surface area (Å²) in [5.74, 6) is 0. The van der Waals surface area contributed by atoms with Crippen LogP contribution in [0, 0.1) is 0 Å². The molecule has 0 atom stereocenters. The van der Waals surface area contributed by atoms with Crippen LogP contribution in [0.4, 0.5) is 0 Å². The van der Waals surface area contributed by atoms with Crippen molar-refractivity contribution in [2.75, 3.05) is 13.1 Å². The molecule has 0 saturated heterocycles. The Balaban J connectivity index is 2.45. The number of nitrogens with one attached hydrogen (secondary N) is 1. The van der Waals surface area contributed by atoms with Crippen LogP contribution in [0.1, 0.15) is 20.3 Å². The molecular weight excluding hydrogens is 88.1 g/mol. The molecule has 2 heteroatoms. The molecule has 0 aliphatic heterocycles. The van der Waals surface area contributed by atoms with Crippen LogP contribution in [0.5, 0.6) is 0 Å². The van der Waals surface area contributed by atoms with Crippen LogP contribution in [0.3, 0.4) is 0 Å². The van der Waals surface area contributed by atoms with Gasteiger partial charge >= 0.3 is 0 Å². The highest BCUT2D eigenvalue weighted by Crippen LogP contribution is 1.66. The lowest BCUT2D eigenvalue weighted by molar-refractivity contribution is 0.535. The molecule has 0 spiro atoms. The van der Waals surface area contributed by atoms with Gasteiger partial charge in [-0.15, -0.1) is 0 Å². The van der Waals surface area contributed by atoms with Gasteiger partial charge in [0, 0.05) is 13.1 Å². The minimum atomic E-state index is 0.938. The van der Waals surface area contributed by atoms with Crippen molar-refractivity contribution in [2.24, 2.45) is 0 Å². The first kappa shape index (κ1) is 6.92. The second-order valence-electron chi connectivity index (χ2n) is 1.39. The smallest absolute Gasteiger partial charge is 0.0301 e. The molecule has 7 heavy (non-hydrogen) atoms. The molecule has 0 fully saturated rings. The normalized spacial score (nSPS) is 9.43. The summed E-state index contributed by atoms with van der Waals surface area (Å²) in [5, 5.41) is 0. The van der Waals surface area contributed by atoms with E-state index in [1.54, 1.807) is 0 Å². The number of rotatable bonds is 4. The van der Waals surface area contributed by atoms with Crippen molar-refractivity contribution < 1.29 is 0 Å². The fourth-order valence-corrected chi connectivity index (χ4v) is 0.303. The van der Waals surface area contributed by atoms with Gasteiger partial charge in [-0.1, -0.05) is 13.8 Å². The van der Waals surface area contributed by atoms with E-state index < -0.39 is 0 Å². The summed E-state index contributed by atoms with van der Waals surface area (Å²) in [4.78, 5) is 0. The number of hydrogen-bond donors (Lipinski definition) is 1. The lowest BCUT2D eigenvalue weighted by Gasteiger charge is -1.95. The van der Waals surface area contributed by atoms with Crippen LogP contribution < -0.4 is 10.9 Å². The summed E-state index contributed by atoms with van der Waals surface area (Å²) in [5.41, 5.74) is 6.83. The van der Waals surface area contributed by atoms with E-state index in [9.17, 15) is 0 Å². The van der Waals surface area contributed by atoms with Crippen molar-refractivity contribution in [1.82, 2.24) is 10.9 Å². The maximum Gasteiger partial charge on any atom is 0.0301 e. The summed E-state index contributed by atoms with van der Waals surface area (Å²) in [7, 11) is 0. The SMILES string of the molecule is CCC[N]NCC. The van der Waals surface area contributed by atoms with Crippen molar-refractivity contribution in [3.05, 3.63) is 0 Å². The van der Waals surface area contributed by atoms with E-state index in [0.29, 0.717) is 0 Å². The van der Waals surface area contributed by atoms with E-state index in [4.69, 9.17) is 0 Å². The second kappa shape index (κ2) is 5.92. The largest absolute Gasteiger partial charge is 0.240 e. The lowest BCUT2D eigenvalue weighted by Crippen LogP contribution is -2.24. The highest BCUT2D eigenvalue weighted by Gasteiger charge is 1.77. The molecule has 1 radical (unpaired) electrons. The van der Waals surface area contributed by atoms with Gasteiger partial charge < -0.3 is 0 Å². The predicted octanol–water partition coefficient (Wildman–Crippen LogP) is 0.525. The third-order valence-corrected chi connectivity index (χ3v) is 0.605. The van der Waals surface area contributed by atoms with Gasteiger partial charge in [-0.25, -0.2) is 5.43 Å². The van der Waals surface area contributed by atoms with Crippen molar-refractivity contribution in [3.63, 3.8) is 0 Å². The van der Waals surface area contributed by atoms with Gasteiger partial charge in [-0.05, 0) is 6.42 Å². The Morgan fingerprint density at radius 3 is 2.57 bits per heavy atom. The first-order chi connectivity index (χ1) is 3.41. The lowest BCUT2D eigenvalue weighted by atomic mass is 10.5. The molecule has 43 valence electrons. The molecule has 0 aromatic heterocycles. The maximum absolute atomic E-state index is 3.96. The van der Waals surface area contributed by atoms with E-state index in [2.05, 4.69) is 17.8 Å². The topological polar surface area (TPSA) is 26.1 Å². The Labute approximate surface area is 45.3 Å². The Kier molecular flexibility index (Phi) is 5.85. The van der Waals surface area contributed by atoms with Gasteiger partial charge in [-0.3, -0.25) is 0 Å². The van der Waals surface area contributed by atoms with Crippen molar-refractivity contribution in [3.8, 4) is 0 Å². The highest BCUT2D eigenvalue weighted by molar-refractivity contribution is 4.32. The van der Waals surface area contributed by atoms with Gasteiger partial charge in [0.1, 0.15) is 0 Å². The van der Waals surface area contributed by atoms with Crippen LogP contribution in [0.2, 0.25) is 0 Å². The molecular formula is C5H13N2.